The van der Waals surface area contributed by atoms with Crippen LogP contribution in [0.1, 0.15) is 10.4 Å². The molecule has 0 saturated carbocycles. The van der Waals surface area contributed by atoms with Crippen molar-refractivity contribution in [2.45, 2.75) is 13.1 Å². The van der Waals surface area contributed by atoms with Gasteiger partial charge in [-0.3, -0.25) is 0 Å². The Bertz CT molecular complexity index is 491. The summed E-state index contributed by atoms with van der Waals surface area (Å²) in [5.41, 5.74) is 1.21. The molecule has 0 aliphatic heterocycles. The van der Waals surface area contributed by atoms with Crippen LogP contribution in [-0.2, 0) is 13.1 Å². The zero-order valence-corrected chi connectivity index (χ0v) is 13.9. The predicted molar refractivity (Wildman–Crippen MR) is 83.3 cm³/mol. The van der Waals surface area contributed by atoms with E-state index in [-0.39, 0.29) is 0 Å². The average molecular weight is 391 g/mol. The number of nitrogens with one attached hydrogen (secondary N) is 1. The normalized spacial score (nSPS) is 10.6. The number of hydrogen-bond acceptors (Lipinski definition) is 3. The van der Waals surface area contributed by atoms with Crippen molar-refractivity contribution < 1.29 is 4.74 Å². The molecular formula is C13H13Br2NOS. The fourth-order valence-electron chi connectivity index (χ4n) is 1.65. The van der Waals surface area contributed by atoms with E-state index >= 15 is 0 Å². The second-order valence-electron chi connectivity index (χ2n) is 3.78. The predicted octanol–water partition coefficient (Wildman–Crippen LogP) is 4.57. The Morgan fingerprint density at radius 1 is 1.22 bits per heavy atom. The standard InChI is InChI=1S/C13H13Br2NOS/c1-17-13-11(14)5-9(6-12(13)15)7-16-8-10-3-2-4-18-10/h2-6,16H,7-8H2,1H3. The second kappa shape index (κ2) is 6.70. The van der Waals surface area contributed by atoms with Gasteiger partial charge < -0.3 is 10.1 Å². The topological polar surface area (TPSA) is 21.3 Å². The molecule has 0 bridgehead atoms. The summed E-state index contributed by atoms with van der Waals surface area (Å²) >= 11 is 8.79. The largest absolute Gasteiger partial charge is 0.494 e. The van der Waals surface area contributed by atoms with Gasteiger partial charge in [0.05, 0.1) is 16.1 Å². The molecule has 0 spiro atoms. The molecule has 2 rings (SSSR count). The summed E-state index contributed by atoms with van der Waals surface area (Å²) in [7, 11) is 1.67. The Morgan fingerprint density at radius 3 is 2.50 bits per heavy atom. The lowest BCUT2D eigenvalue weighted by Gasteiger charge is -2.09. The van der Waals surface area contributed by atoms with E-state index in [1.807, 2.05) is 0 Å². The Kier molecular flexibility index (Phi) is 5.24. The molecule has 5 heteroatoms. The van der Waals surface area contributed by atoms with E-state index in [1.165, 1.54) is 10.4 Å². The number of ether oxygens (including phenoxy) is 1. The van der Waals surface area contributed by atoms with Crippen molar-refractivity contribution in [1.29, 1.82) is 0 Å². The van der Waals surface area contributed by atoms with Gasteiger partial charge in [0, 0.05) is 18.0 Å². The minimum atomic E-state index is 0.831. The number of thiophene rings is 1. The van der Waals surface area contributed by atoms with E-state index in [1.54, 1.807) is 18.4 Å². The highest BCUT2D eigenvalue weighted by Crippen LogP contribution is 2.34. The summed E-state index contributed by atoms with van der Waals surface area (Å²) in [5, 5.41) is 5.52. The first-order chi connectivity index (χ1) is 8.70. The third kappa shape index (κ3) is 3.57. The number of benzene rings is 1. The fraction of sp³-hybridized carbons (Fsp3) is 0.231. The van der Waals surface area contributed by atoms with Gasteiger partial charge in [0.2, 0.25) is 0 Å². The van der Waals surface area contributed by atoms with E-state index in [0.717, 1.165) is 27.8 Å². The van der Waals surface area contributed by atoms with Gasteiger partial charge >= 0.3 is 0 Å². The molecule has 0 amide bonds. The summed E-state index contributed by atoms with van der Waals surface area (Å²) in [6.07, 6.45) is 0. The molecule has 1 aromatic heterocycles. The van der Waals surface area contributed by atoms with Crippen LogP contribution in [0.5, 0.6) is 5.75 Å². The molecule has 0 unspecified atom stereocenters. The number of hydrogen-bond donors (Lipinski definition) is 1. The maximum Gasteiger partial charge on any atom is 0.147 e. The smallest absolute Gasteiger partial charge is 0.147 e. The SMILES string of the molecule is COc1c(Br)cc(CNCc2cccs2)cc1Br. The first-order valence-corrected chi connectivity index (χ1v) is 7.92. The molecular weight excluding hydrogens is 378 g/mol. The van der Waals surface area contributed by atoms with Gasteiger partial charge in [-0.05, 0) is 61.0 Å². The van der Waals surface area contributed by atoms with Crippen molar-refractivity contribution in [2.75, 3.05) is 7.11 Å². The molecule has 2 aromatic rings. The molecule has 18 heavy (non-hydrogen) atoms. The lowest BCUT2D eigenvalue weighted by molar-refractivity contribution is 0.409. The monoisotopic (exact) mass is 389 g/mol. The second-order valence-corrected chi connectivity index (χ2v) is 6.52. The number of halogens is 2. The highest BCUT2D eigenvalue weighted by Gasteiger charge is 2.07. The highest BCUT2D eigenvalue weighted by molar-refractivity contribution is 9.11. The van der Waals surface area contributed by atoms with Crippen LogP contribution in [0.15, 0.2) is 38.6 Å². The van der Waals surface area contributed by atoms with Gasteiger partial charge in [-0.25, -0.2) is 0 Å². The molecule has 0 aliphatic carbocycles. The molecule has 0 saturated heterocycles. The van der Waals surface area contributed by atoms with E-state index in [0.29, 0.717) is 0 Å². The summed E-state index contributed by atoms with van der Waals surface area (Å²) < 4.78 is 7.21. The first kappa shape index (κ1) is 14.1. The average Bonchev–Trinajstić information content (AvgIpc) is 2.82. The van der Waals surface area contributed by atoms with Gasteiger partial charge in [-0.2, -0.15) is 0 Å². The van der Waals surface area contributed by atoms with Gasteiger partial charge in [0.1, 0.15) is 5.75 Å². The highest BCUT2D eigenvalue weighted by atomic mass is 79.9. The van der Waals surface area contributed by atoms with Crippen molar-refractivity contribution in [3.05, 3.63) is 49.0 Å². The van der Waals surface area contributed by atoms with Crippen LogP contribution < -0.4 is 10.1 Å². The number of rotatable bonds is 5. The Morgan fingerprint density at radius 2 is 1.94 bits per heavy atom. The van der Waals surface area contributed by atoms with Crippen LogP contribution in [0.4, 0.5) is 0 Å². The zero-order chi connectivity index (χ0) is 13.0. The number of methoxy groups -OCH3 is 1. The fourth-order valence-corrected chi connectivity index (χ4v) is 3.93. The molecule has 0 radical (unpaired) electrons. The first-order valence-electron chi connectivity index (χ1n) is 5.45. The zero-order valence-electron chi connectivity index (χ0n) is 9.87. The summed E-state index contributed by atoms with van der Waals surface area (Å²) in [4.78, 5) is 1.35. The lowest BCUT2D eigenvalue weighted by atomic mass is 10.2. The molecule has 96 valence electrons. The molecule has 0 atom stereocenters. The maximum absolute atomic E-state index is 5.28. The quantitative estimate of drug-likeness (QED) is 0.807. The van der Waals surface area contributed by atoms with E-state index in [4.69, 9.17) is 4.74 Å². The molecule has 1 heterocycles. The van der Waals surface area contributed by atoms with E-state index in [2.05, 4.69) is 66.8 Å². The Labute approximate surface area is 128 Å². The molecule has 0 aliphatic rings. The van der Waals surface area contributed by atoms with Gasteiger partial charge in [-0.15, -0.1) is 11.3 Å². The minimum Gasteiger partial charge on any atom is -0.494 e. The maximum atomic E-state index is 5.28. The summed E-state index contributed by atoms with van der Waals surface area (Å²) in [5.74, 6) is 0.831. The molecule has 1 aromatic carbocycles. The van der Waals surface area contributed by atoms with Crippen LogP contribution in [0.3, 0.4) is 0 Å². The van der Waals surface area contributed by atoms with Crippen molar-refractivity contribution in [3.8, 4) is 5.75 Å². The third-order valence-electron chi connectivity index (χ3n) is 2.47. The van der Waals surface area contributed by atoms with Crippen molar-refractivity contribution >= 4 is 43.2 Å². The molecule has 2 nitrogen and oxygen atoms in total. The third-order valence-corrected chi connectivity index (χ3v) is 4.53. The van der Waals surface area contributed by atoms with Crippen molar-refractivity contribution in [1.82, 2.24) is 5.32 Å². The minimum absolute atomic E-state index is 0.831. The summed E-state index contributed by atoms with van der Waals surface area (Å²) in [6, 6.07) is 8.36. The van der Waals surface area contributed by atoms with E-state index in [9.17, 15) is 0 Å². The molecule has 0 fully saturated rings. The lowest BCUT2D eigenvalue weighted by Crippen LogP contribution is -2.11. The van der Waals surface area contributed by atoms with Crippen LogP contribution in [0, 0.1) is 0 Å². The van der Waals surface area contributed by atoms with Crippen LogP contribution in [-0.4, -0.2) is 7.11 Å². The summed E-state index contributed by atoms with van der Waals surface area (Å²) in [6.45, 7) is 1.73. The van der Waals surface area contributed by atoms with E-state index < -0.39 is 0 Å². The molecule has 1 N–H and O–H groups in total. The van der Waals surface area contributed by atoms with Crippen molar-refractivity contribution in [3.63, 3.8) is 0 Å². The van der Waals surface area contributed by atoms with Crippen LogP contribution >= 0.6 is 43.2 Å². The van der Waals surface area contributed by atoms with Gasteiger partial charge in [0.25, 0.3) is 0 Å². The Balaban J connectivity index is 1.97. The van der Waals surface area contributed by atoms with Gasteiger partial charge in [-0.1, -0.05) is 6.07 Å². The Hall–Kier alpha value is -0.360. The van der Waals surface area contributed by atoms with Crippen LogP contribution in [0.25, 0.3) is 0 Å². The van der Waals surface area contributed by atoms with Crippen LogP contribution in [0.2, 0.25) is 0 Å². The van der Waals surface area contributed by atoms with Crippen molar-refractivity contribution in [2.24, 2.45) is 0 Å². The van der Waals surface area contributed by atoms with Gasteiger partial charge in [0.15, 0.2) is 0 Å².